The summed E-state index contributed by atoms with van der Waals surface area (Å²) >= 11 is 0. The Morgan fingerprint density at radius 2 is 1.97 bits per heavy atom. The van der Waals surface area contributed by atoms with Gasteiger partial charge in [0.05, 0.1) is 30.1 Å². The van der Waals surface area contributed by atoms with Gasteiger partial charge in [-0.2, -0.15) is 0 Å². The summed E-state index contributed by atoms with van der Waals surface area (Å²) in [7, 11) is 0. The number of ether oxygens (including phenoxy) is 1. The number of rotatable bonds is 8. The molecule has 2 unspecified atom stereocenters. The lowest BCUT2D eigenvalue weighted by atomic mass is 9.66. The highest BCUT2D eigenvalue weighted by Crippen LogP contribution is 2.63. The van der Waals surface area contributed by atoms with E-state index in [-0.39, 0.29) is 30.4 Å². The molecule has 8 nitrogen and oxygen atoms in total. The van der Waals surface area contributed by atoms with Crippen molar-refractivity contribution in [2.24, 2.45) is 11.8 Å². The van der Waals surface area contributed by atoms with Crippen LogP contribution in [0.15, 0.2) is 0 Å². The molecule has 3 fully saturated rings. The van der Waals surface area contributed by atoms with Crippen molar-refractivity contribution in [3.8, 4) is 0 Å². The van der Waals surface area contributed by atoms with Crippen LogP contribution in [-0.4, -0.2) is 70.2 Å². The van der Waals surface area contributed by atoms with Crippen LogP contribution < -0.4 is 10.6 Å². The smallest absolute Gasteiger partial charge is 0.246 e. The molecule has 29 heavy (non-hydrogen) atoms. The number of fused-ring (bicyclic) bond motifs is 1. The Hall–Kier alpha value is -1.67. The van der Waals surface area contributed by atoms with Gasteiger partial charge < -0.3 is 25.4 Å². The van der Waals surface area contributed by atoms with E-state index in [4.69, 9.17) is 4.74 Å². The van der Waals surface area contributed by atoms with Crippen molar-refractivity contribution in [2.75, 3.05) is 13.2 Å². The number of hydrogen-bond acceptors (Lipinski definition) is 5. The average molecular weight is 410 g/mol. The SMILES string of the molecule is CCCNC(=O)[C@H]1[C@H]2C(=O)N([C@@H](CC)CO)C(C(=O)NC(C)C)C23CC[C@]1(C)O3. The van der Waals surface area contributed by atoms with Gasteiger partial charge in [-0.25, -0.2) is 0 Å². The number of nitrogens with zero attached hydrogens (tertiary/aromatic N) is 1. The molecule has 3 heterocycles. The van der Waals surface area contributed by atoms with Gasteiger partial charge in [0, 0.05) is 12.6 Å². The molecule has 6 atom stereocenters. The van der Waals surface area contributed by atoms with E-state index in [1.165, 1.54) is 4.90 Å². The largest absolute Gasteiger partial charge is 0.394 e. The maximum atomic E-state index is 13.6. The van der Waals surface area contributed by atoms with Crippen molar-refractivity contribution in [1.82, 2.24) is 15.5 Å². The first-order chi connectivity index (χ1) is 13.7. The number of amides is 3. The fraction of sp³-hybridized carbons (Fsp3) is 0.857. The van der Waals surface area contributed by atoms with Crippen LogP contribution in [0.1, 0.15) is 60.3 Å². The van der Waals surface area contributed by atoms with Gasteiger partial charge in [-0.3, -0.25) is 14.4 Å². The third-order valence-corrected chi connectivity index (χ3v) is 6.80. The third kappa shape index (κ3) is 3.24. The molecule has 2 bridgehead atoms. The first-order valence-corrected chi connectivity index (χ1v) is 10.9. The quantitative estimate of drug-likeness (QED) is 0.543. The van der Waals surface area contributed by atoms with Gasteiger partial charge >= 0.3 is 0 Å². The predicted molar refractivity (Wildman–Crippen MR) is 107 cm³/mol. The maximum Gasteiger partial charge on any atom is 0.246 e. The van der Waals surface area contributed by atoms with Crippen molar-refractivity contribution < 1.29 is 24.2 Å². The number of carbonyl (C=O) groups is 3. The van der Waals surface area contributed by atoms with Crippen LogP contribution in [-0.2, 0) is 19.1 Å². The van der Waals surface area contributed by atoms with E-state index < -0.39 is 35.1 Å². The Balaban J connectivity index is 2.06. The molecule has 0 aliphatic carbocycles. The molecule has 3 aliphatic rings. The molecule has 3 rings (SSSR count). The zero-order valence-corrected chi connectivity index (χ0v) is 18.2. The van der Waals surface area contributed by atoms with Crippen LogP contribution in [0.5, 0.6) is 0 Å². The zero-order chi connectivity index (χ0) is 21.6. The molecule has 0 saturated carbocycles. The predicted octanol–water partition coefficient (Wildman–Crippen LogP) is 0.573. The minimum atomic E-state index is -1.03. The van der Waals surface area contributed by atoms with E-state index in [1.807, 2.05) is 34.6 Å². The normalized spacial score (nSPS) is 36.4. The van der Waals surface area contributed by atoms with Gasteiger partial charge in [0.2, 0.25) is 17.7 Å². The lowest BCUT2D eigenvalue weighted by Gasteiger charge is -2.37. The molecule has 164 valence electrons. The minimum Gasteiger partial charge on any atom is -0.394 e. The maximum absolute atomic E-state index is 13.6. The van der Waals surface area contributed by atoms with E-state index in [9.17, 15) is 19.5 Å². The van der Waals surface area contributed by atoms with Gasteiger partial charge in [0.1, 0.15) is 11.6 Å². The molecule has 3 N–H and O–H groups in total. The molecular formula is C21H35N3O5. The van der Waals surface area contributed by atoms with Crippen LogP contribution in [0.2, 0.25) is 0 Å². The monoisotopic (exact) mass is 409 g/mol. The molecule has 0 radical (unpaired) electrons. The number of carbonyl (C=O) groups excluding carboxylic acids is 3. The molecule has 3 amide bonds. The first-order valence-electron chi connectivity index (χ1n) is 10.9. The van der Waals surface area contributed by atoms with E-state index in [1.54, 1.807) is 0 Å². The highest BCUT2D eigenvalue weighted by molar-refractivity contribution is 5.99. The van der Waals surface area contributed by atoms with Crippen LogP contribution in [0.25, 0.3) is 0 Å². The average Bonchev–Trinajstić information content (AvgIpc) is 3.22. The highest BCUT2D eigenvalue weighted by atomic mass is 16.5. The highest BCUT2D eigenvalue weighted by Gasteiger charge is 2.78. The van der Waals surface area contributed by atoms with Crippen molar-refractivity contribution in [1.29, 1.82) is 0 Å². The summed E-state index contributed by atoms with van der Waals surface area (Å²) in [4.78, 5) is 41.4. The Morgan fingerprint density at radius 1 is 1.28 bits per heavy atom. The standard InChI is InChI=1S/C21H35N3O5/c1-6-10-22-17(26)14-15-19(28)24(13(7-2)11-25)16(18(27)23-12(3)4)21(15)9-8-20(14,5)29-21/h12-16,25H,6-11H2,1-5H3,(H,22,26)(H,23,27)/t13-,14+,15-,16?,20-,21?/m0/s1. The molecule has 3 saturated heterocycles. The van der Waals surface area contributed by atoms with Crippen molar-refractivity contribution in [2.45, 2.75) is 89.6 Å². The lowest BCUT2D eigenvalue weighted by Crippen LogP contribution is -2.58. The van der Waals surface area contributed by atoms with Gasteiger partial charge in [-0.15, -0.1) is 0 Å². The minimum absolute atomic E-state index is 0.0954. The number of nitrogens with one attached hydrogen (secondary N) is 2. The van der Waals surface area contributed by atoms with Crippen molar-refractivity contribution >= 4 is 17.7 Å². The van der Waals surface area contributed by atoms with Crippen LogP contribution in [0.3, 0.4) is 0 Å². The Kier molecular flexibility index (Phi) is 5.98. The van der Waals surface area contributed by atoms with Gasteiger partial charge in [0.15, 0.2) is 0 Å². The fourth-order valence-corrected chi connectivity index (χ4v) is 5.59. The second kappa shape index (κ2) is 7.87. The molecule has 0 aromatic rings. The first kappa shape index (κ1) is 22.0. The topological polar surface area (TPSA) is 108 Å². The van der Waals surface area contributed by atoms with E-state index >= 15 is 0 Å². The van der Waals surface area contributed by atoms with E-state index in [2.05, 4.69) is 10.6 Å². The lowest BCUT2D eigenvalue weighted by molar-refractivity contribution is -0.150. The summed E-state index contributed by atoms with van der Waals surface area (Å²) in [5.41, 5.74) is -1.79. The summed E-state index contributed by atoms with van der Waals surface area (Å²) in [6.45, 7) is 9.77. The molecule has 0 aromatic heterocycles. The number of hydrogen-bond donors (Lipinski definition) is 3. The third-order valence-electron chi connectivity index (χ3n) is 6.80. The summed E-state index contributed by atoms with van der Waals surface area (Å²) in [6.07, 6.45) is 2.48. The van der Waals surface area contributed by atoms with Crippen LogP contribution in [0, 0.1) is 11.8 Å². The van der Waals surface area contributed by atoms with Crippen LogP contribution in [0.4, 0.5) is 0 Å². The Morgan fingerprint density at radius 3 is 2.52 bits per heavy atom. The van der Waals surface area contributed by atoms with E-state index in [0.29, 0.717) is 25.8 Å². The van der Waals surface area contributed by atoms with Gasteiger partial charge in [-0.05, 0) is 46.5 Å². The Bertz CT molecular complexity index is 679. The van der Waals surface area contributed by atoms with Crippen molar-refractivity contribution in [3.05, 3.63) is 0 Å². The second-order valence-electron chi connectivity index (χ2n) is 9.17. The summed E-state index contributed by atoms with van der Waals surface area (Å²) in [5.74, 6) is -2.06. The molecule has 8 heteroatoms. The van der Waals surface area contributed by atoms with Crippen molar-refractivity contribution in [3.63, 3.8) is 0 Å². The number of aliphatic hydroxyl groups is 1. The van der Waals surface area contributed by atoms with Gasteiger partial charge in [0.25, 0.3) is 0 Å². The second-order valence-corrected chi connectivity index (χ2v) is 9.17. The zero-order valence-electron chi connectivity index (χ0n) is 18.2. The Labute approximate surface area is 172 Å². The molecular weight excluding hydrogens is 374 g/mol. The summed E-state index contributed by atoms with van der Waals surface area (Å²) in [6, 6.07) is -1.42. The summed E-state index contributed by atoms with van der Waals surface area (Å²) in [5, 5.41) is 15.8. The van der Waals surface area contributed by atoms with Crippen LogP contribution >= 0.6 is 0 Å². The number of likely N-dealkylation sites (tertiary alicyclic amines) is 1. The number of aliphatic hydroxyl groups excluding tert-OH is 1. The molecule has 0 aromatic carbocycles. The summed E-state index contributed by atoms with van der Waals surface area (Å²) < 4.78 is 6.47. The molecule has 3 aliphatic heterocycles. The van der Waals surface area contributed by atoms with E-state index in [0.717, 1.165) is 6.42 Å². The fourth-order valence-electron chi connectivity index (χ4n) is 5.59. The molecule has 1 spiro atoms. The van der Waals surface area contributed by atoms with Gasteiger partial charge in [-0.1, -0.05) is 13.8 Å².